The van der Waals surface area contributed by atoms with Crippen LogP contribution in [-0.2, 0) is 9.47 Å². The SMILES string of the molecule is CCCCCCOc1cc2cc(c1)C(=O)OCC(F)(F)C(F)(F)COC2=O. The van der Waals surface area contributed by atoms with Gasteiger partial charge in [-0.2, -0.15) is 17.6 Å². The van der Waals surface area contributed by atoms with E-state index in [2.05, 4.69) is 9.47 Å². The second-order valence-electron chi connectivity index (χ2n) is 6.22. The molecule has 0 atom stereocenters. The number of ether oxygens (including phenoxy) is 3. The van der Waals surface area contributed by atoms with Crippen LogP contribution in [0.5, 0.6) is 5.75 Å². The molecule has 1 aliphatic heterocycles. The minimum atomic E-state index is -4.68. The van der Waals surface area contributed by atoms with E-state index in [9.17, 15) is 27.2 Å². The van der Waals surface area contributed by atoms with Gasteiger partial charge in [0.1, 0.15) is 5.75 Å². The first kappa shape index (κ1) is 21.0. The molecule has 0 unspecified atom stereocenters. The van der Waals surface area contributed by atoms with Gasteiger partial charge < -0.3 is 14.2 Å². The Labute approximate surface area is 153 Å². The van der Waals surface area contributed by atoms with Gasteiger partial charge in [0.05, 0.1) is 17.7 Å². The number of alkyl halides is 4. The molecule has 0 saturated carbocycles. The first-order chi connectivity index (χ1) is 12.7. The number of unbranched alkanes of at least 4 members (excludes halogenated alkanes) is 3. The zero-order valence-corrected chi connectivity index (χ0v) is 14.7. The van der Waals surface area contributed by atoms with Crippen LogP contribution in [0.3, 0.4) is 0 Å². The van der Waals surface area contributed by atoms with Crippen LogP contribution in [0.2, 0.25) is 0 Å². The molecular weight excluding hydrogens is 372 g/mol. The minimum absolute atomic E-state index is 0.116. The monoisotopic (exact) mass is 392 g/mol. The van der Waals surface area contributed by atoms with Crippen molar-refractivity contribution >= 4 is 11.9 Å². The Morgan fingerprint density at radius 3 is 1.89 bits per heavy atom. The molecule has 0 aromatic heterocycles. The Balaban J connectivity index is 2.23. The Hall–Kier alpha value is -2.32. The number of carbonyl (C=O) groups excluding carboxylic acids is 2. The molecule has 2 rings (SSSR count). The van der Waals surface area contributed by atoms with Crippen molar-refractivity contribution in [3.05, 3.63) is 29.3 Å². The molecule has 0 aliphatic carbocycles. The van der Waals surface area contributed by atoms with E-state index < -0.39 is 37.0 Å². The molecule has 1 heterocycles. The zero-order chi connectivity index (χ0) is 20.1. The summed E-state index contributed by atoms with van der Waals surface area (Å²) < 4.78 is 68.4. The fraction of sp³-hybridized carbons (Fsp3) is 0.556. The summed E-state index contributed by atoms with van der Waals surface area (Å²) in [6, 6.07) is 3.43. The van der Waals surface area contributed by atoms with Gasteiger partial charge >= 0.3 is 23.8 Å². The fourth-order valence-electron chi connectivity index (χ4n) is 2.33. The van der Waals surface area contributed by atoms with Gasteiger partial charge in [-0.25, -0.2) is 9.59 Å². The lowest BCUT2D eigenvalue weighted by Crippen LogP contribution is -2.48. The lowest BCUT2D eigenvalue weighted by molar-refractivity contribution is -0.238. The Bertz CT molecular complexity index is 642. The fourth-order valence-corrected chi connectivity index (χ4v) is 2.33. The van der Waals surface area contributed by atoms with Crippen molar-refractivity contribution in [1.82, 2.24) is 0 Å². The predicted octanol–water partition coefficient (Wildman–Crippen LogP) is 4.24. The molecular formula is C18H20F4O5. The third kappa shape index (κ3) is 5.33. The van der Waals surface area contributed by atoms with Crippen molar-refractivity contribution < 1.29 is 41.4 Å². The zero-order valence-electron chi connectivity index (χ0n) is 14.7. The number of esters is 2. The van der Waals surface area contributed by atoms with Gasteiger partial charge in [0.25, 0.3) is 0 Å². The van der Waals surface area contributed by atoms with E-state index in [1.54, 1.807) is 0 Å². The minimum Gasteiger partial charge on any atom is -0.494 e. The molecule has 150 valence electrons. The first-order valence-corrected chi connectivity index (χ1v) is 8.54. The van der Waals surface area contributed by atoms with Gasteiger partial charge in [-0.05, 0) is 24.6 Å². The normalized spacial score (nSPS) is 18.9. The number of carbonyl (C=O) groups is 2. The van der Waals surface area contributed by atoms with Crippen molar-refractivity contribution in [2.24, 2.45) is 0 Å². The summed E-state index contributed by atoms with van der Waals surface area (Å²) in [5.74, 6) is -11.8. The smallest absolute Gasteiger partial charge is 0.346 e. The summed E-state index contributed by atoms with van der Waals surface area (Å²) in [7, 11) is 0. The second kappa shape index (κ2) is 8.58. The van der Waals surface area contributed by atoms with Gasteiger partial charge in [-0.1, -0.05) is 26.2 Å². The molecule has 1 aromatic rings. The van der Waals surface area contributed by atoms with E-state index in [1.165, 1.54) is 12.1 Å². The standard InChI is InChI=1S/C18H20F4O5/c1-2-3-4-5-6-25-14-8-12-7-13(9-14)16(24)27-11-18(21,22)17(19,20)10-26-15(12)23/h7-9H,2-6,10-11H2,1H3. The summed E-state index contributed by atoms with van der Waals surface area (Å²) in [4.78, 5) is 23.9. The molecule has 0 amide bonds. The lowest BCUT2D eigenvalue weighted by Gasteiger charge is -2.25. The van der Waals surface area contributed by atoms with Gasteiger partial charge in [-0.15, -0.1) is 0 Å². The molecule has 9 heteroatoms. The maximum absolute atomic E-state index is 13.6. The molecule has 0 radical (unpaired) electrons. The quantitative estimate of drug-likeness (QED) is 0.412. The third-order valence-electron chi connectivity index (χ3n) is 3.95. The number of halogens is 4. The summed E-state index contributed by atoms with van der Waals surface area (Å²) in [6.45, 7) is -1.32. The number of hydrogen-bond acceptors (Lipinski definition) is 5. The number of cyclic esters (lactones) is 2. The maximum atomic E-state index is 13.6. The van der Waals surface area contributed by atoms with Crippen molar-refractivity contribution in [1.29, 1.82) is 0 Å². The summed E-state index contributed by atoms with van der Waals surface area (Å²) in [5.41, 5.74) is -0.539. The van der Waals surface area contributed by atoms with Crippen molar-refractivity contribution in [2.75, 3.05) is 19.8 Å². The highest BCUT2D eigenvalue weighted by Crippen LogP contribution is 2.35. The molecule has 27 heavy (non-hydrogen) atoms. The van der Waals surface area contributed by atoms with Gasteiger partial charge in [0.2, 0.25) is 0 Å². The molecule has 5 nitrogen and oxygen atoms in total. The molecule has 2 bridgehead atoms. The van der Waals surface area contributed by atoms with Crippen LogP contribution in [-0.4, -0.2) is 43.6 Å². The van der Waals surface area contributed by atoms with Gasteiger partial charge in [0, 0.05) is 0 Å². The van der Waals surface area contributed by atoms with E-state index >= 15 is 0 Å². The second-order valence-corrected chi connectivity index (χ2v) is 6.22. The molecule has 1 aliphatic rings. The highest BCUT2D eigenvalue weighted by molar-refractivity contribution is 5.96. The maximum Gasteiger partial charge on any atom is 0.346 e. The molecule has 0 fully saturated rings. The van der Waals surface area contributed by atoms with Crippen LogP contribution in [0, 0.1) is 0 Å². The van der Waals surface area contributed by atoms with E-state index in [-0.39, 0.29) is 16.9 Å². The summed E-state index contributed by atoms with van der Waals surface area (Å²) in [6.07, 6.45) is 3.72. The van der Waals surface area contributed by atoms with Gasteiger partial charge in [-0.3, -0.25) is 0 Å². The van der Waals surface area contributed by atoms with Crippen LogP contribution in [0.15, 0.2) is 18.2 Å². The first-order valence-electron chi connectivity index (χ1n) is 8.54. The Morgan fingerprint density at radius 2 is 1.41 bits per heavy atom. The van der Waals surface area contributed by atoms with Crippen LogP contribution < -0.4 is 4.74 Å². The molecule has 0 saturated heterocycles. The third-order valence-corrected chi connectivity index (χ3v) is 3.95. The largest absolute Gasteiger partial charge is 0.494 e. The predicted molar refractivity (Wildman–Crippen MR) is 86.5 cm³/mol. The Kier molecular flexibility index (Phi) is 6.67. The Morgan fingerprint density at radius 1 is 0.889 bits per heavy atom. The average molecular weight is 392 g/mol. The van der Waals surface area contributed by atoms with Crippen molar-refractivity contribution in [3.63, 3.8) is 0 Å². The van der Waals surface area contributed by atoms with Gasteiger partial charge in [0.15, 0.2) is 13.2 Å². The highest BCUT2D eigenvalue weighted by atomic mass is 19.3. The van der Waals surface area contributed by atoms with Crippen molar-refractivity contribution in [2.45, 2.75) is 44.5 Å². The van der Waals surface area contributed by atoms with Crippen LogP contribution in [0.25, 0.3) is 0 Å². The molecule has 0 spiro atoms. The van der Waals surface area contributed by atoms with Crippen LogP contribution in [0.1, 0.15) is 53.3 Å². The topological polar surface area (TPSA) is 61.8 Å². The van der Waals surface area contributed by atoms with E-state index in [0.29, 0.717) is 6.61 Å². The number of rotatable bonds is 6. The number of fused-ring (bicyclic) bond motifs is 2. The van der Waals surface area contributed by atoms with E-state index in [4.69, 9.17) is 4.74 Å². The van der Waals surface area contributed by atoms with E-state index in [0.717, 1.165) is 31.7 Å². The lowest BCUT2D eigenvalue weighted by atomic mass is 10.1. The van der Waals surface area contributed by atoms with Crippen molar-refractivity contribution in [3.8, 4) is 5.75 Å². The summed E-state index contributed by atoms with van der Waals surface area (Å²) >= 11 is 0. The molecule has 0 N–H and O–H groups in total. The number of hydrogen-bond donors (Lipinski definition) is 0. The number of benzene rings is 1. The highest BCUT2D eigenvalue weighted by Gasteiger charge is 2.58. The summed E-state index contributed by atoms with van der Waals surface area (Å²) in [5, 5.41) is 0. The molecule has 1 aromatic carbocycles. The average Bonchev–Trinajstić information content (AvgIpc) is 2.63. The van der Waals surface area contributed by atoms with Crippen LogP contribution in [0.4, 0.5) is 17.6 Å². The van der Waals surface area contributed by atoms with Crippen LogP contribution >= 0.6 is 0 Å². The van der Waals surface area contributed by atoms with E-state index in [1.807, 2.05) is 6.92 Å².